The van der Waals surface area contributed by atoms with Gasteiger partial charge in [-0.05, 0) is 32.0 Å². The van der Waals surface area contributed by atoms with E-state index in [9.17, 15) is 4.79 Å². The number of aromatic nitrogens is 1. The van der Waals surface area contributed by atoms with E-state index < -0.39 is 0 Å². The molecule has 1 aromatic carbocycles. The molecule has 1 amide bonds. The second-order valence-corrected chi connectivity index (χ2v) is 4.43. The zero-order chi connectivity index (χ0) is 14.4. The molecule has 0 atom stereocenters. The Bertz CT molecular complexity index is 565. The van der Waals surface area contributed by atoms with E-state index in [2.05, 4.69) is 10.3 Å². The molecule has 0 aliphatic carbocycles. The third kappa shape index (κ3) is 3.35. The molecule has 1 N–H and O–H groups in total. The number of rotatable bonds is 5. The molecule has 4 nitrogen and oxygen atoms in total. The lowest BCUT2D eigenvalue weighted by Gasteiger charge is -2.18. The highest BCUT2D eigenvalue weighted by Gasteiger charge is 2.13. The van der Waals surface area contributed by atoms with Gasteiger partial charge in [0.2, 0.25) is 0 Å². The van der Waals surface area contributed by atoms with Gasteiger partial charge in [-0.3, -0.25) is 9.78 Å². The molecule has 2 rings (SSSR count). The van der Waals surface area contributed by atoms with Gasteiger partial charge in [0, 0.05) is 25.0 Å². The number of anilines is 2. The highest BCUT2D eigenvalue weighted by molar-refractivity contribution is 5.94. The average Bonchev–Trinajstić information content (AvgIpc) is 2.49. The van der Waals surface area contributed by atoms with Gasteiger partial charge in [-0.25, -0.2) is 0 Å². The molecule has 20 heavy (non-hydrogen) atoms. The first-order valence-electron chi connectivity index (χ1n) is 6.81. The molecular formula is C16H19N3O. The van der Waals surface area contributed by atoms with Crippen molar-refractivity contribution in [2.24, 2.45) is 0 Å². The topological polar surface area (TPSA) is 45.2 Å². The summed E-state index contributed by atoms with van der Waals surface area (Å²) in [6.07, 6.45) is 3.32. The van der Waals surface area contributed by atoms with E-state index >= 15 is 0 Å². The smallest absolute Gasteiger partial charge is 0.255 e. The Labute approximate surface area is 119 Å². The maximum Gasteiger partial charge on any atom is 0.255 e. The third-order valence-corrected chi connectivity index (χ3v) is 3.10. The van der Waals surface area contributed by atoms with Gasteiger partial charge >= 0.3 is 0 Å². The molecule has 1 aromatic heterocycles. The maximum absolute atomic E-state index is 12.3. The lowest BCUT2D eigenvalue weighted by atomic mass is 10.2. The van der Waals surface area contributed by atoms with Crippen LogP contribution in [-0.4, -0.2) is 28.9 Å². The van der Waals surface area contributed by atoms with Crippen molar-refractivity contribution in [3.05, 3.63) is 54.4 Å². The molecule has 0 saturated carbocycles. The molecule has 0 unspecified atom stereocenters. The van der Waals surface area contributed by atoms with Crippen LogP contribution < -0.4 is 5.32 Å². The lowest BCUT2D eigenvalue weighted by molar-refractivity contribution is 0.0772. The Kier molecular flexibility index (Phi) is 4.71. The van der Waals surface area contributed by atoms with Crippen molar-refractivity contribution in [1.29, 1.82) is 0 Å². The molecule has 0 aliphatic heterocycles. The Morgan fingerprint density at radius 1 is 1.10 bits per heavy atom. The summed E-state index contributed by atoms with van der Waals surface area (Å²) in [4.78, 5) is 18.2. The van der Waals surface area contributed by atoms with Crippen LogP contribution in [0.25, 0.3) is 0 Å². The number of hydrogen-bond acceptors (Lipinski definition) is 3. The second kappa shape index (κ2) is 6.70. The number of benzene rings is 1. The van der Waals surface area contributed by atoms with E-state index in [1.54, 1.807) is 17.3 Å². The quantitative estimate of drug-likeness (QED) is 0.905. The van der Waals surface area contributed by atoms with Crippen LogP contribution >= 0.6 is 0 Å². The summed E-state index contributed by atoms with van der Waals surface area (Å²) in [5.74, 6) is 0.0132. The first kappa shape index (κ1) is 14.1. The van der Waals surface area contributed by atoms with Crippen LogP contribution in [0.15, 0.2) is 48.8 Å². The van der Waals surface area contributed by atoms with E-state index in [1.165, 1.54) is 0 Å². The first-order chi connectivity index (χ1) is 9.74. The number of carbonyl (C=O) groups is 1. The van der Waals surface area contributed by atoms with E-state index in [-0.39, 0.29) is 5.91 Å². The van der Waals surface area contributed by atoms with Crippen LogP contribution in [0, 0.1) is 0 Å². The van der Waals surface area contributed by atoms with Crippen LogP contribution in [0.3, 0.4) is 0 Å². The van der Waals surface area contributed by atoms with Crippen molar-refractivity contribution in [2.45, 2.75) is 13.8 Å². The van der Waals surface area contributed by atoms with Crippen molar-refractivity contribution in [3.63, 3.8) is 0 Å². The maximum atomic E-state index is 12.3. The number of nitrogens with one attached hydrogen (secondary N) is 1. The second-order valence-electron chi connectivity index (χ2n) is 4.43. The summed E-state index contributed by atoms with van der Waals surface area (Å²) >= 11 is 0. The summed E-state index contributed by atoms with van der Waals surface area (Å²) in [5.41, 5.74) is 2.39. The number of para-hydroxylation sites is 1. The van der Waals surface area contributed by atoms with Crippen LogP contribution in [0.1, 0.15) is 24.2 Å². The fourth-order valence-electron chi connectivity index (χ4n) is 2.01. The molecular weight excluding hydrogens is 250 g/mol. The van der Waals surface area contributed by atoms with Crippen molar-refractivity contribution in [2.75, 3.05) is 18.4 Å². The largest absolute Gasteiger partial charge is 0.354 e. The normalized spacial score (nSPS) is 10.1. The van der Waals surface area contributed by atoms with Gasteiger partial charge < -0.3 is 10.2 Å². The van der Waals surface area contributed by atoms with E-state index in [0.717, 1.165) is 11.4 Å². The first-order valence-corrected chi connectivity index (χ1v) is 6.81. The number of hydrogen-bond donors (Lipinski definition) is 1. The predicted molar refractivity (Wildman–Crippen MR) is 81.2 cm³/mol. The van der Waals surface area contributed by atoms with Crippen LogP contribution in [0.2, 0.25) is 0 Å². The third-order valence-electron chi connectivity index (χ3n) is 3.10. The average molecular weight is 269 g/mol. The number of amides is 1. The van der Waals surface area contributed by atoms with Gasteiger partial charge in [0.15, 0.2) is 0 Å². The molecule has 4 heteroatoms. The highest BCUT2D eigenvalue weighted by atomic mass is 16.2. The molecule has 0 aliphatic rings. The monoisotopic (exact) mass is 269 g/mol. The molecule has 2 aromatic rings. The molecule has 0 bridgehead atoms. The zero-order valence-electron chi connectivity index (χ0n) is 11.8. The van der Waals surface area contributed by atoms with Crippen molar-refractivity contribution in [3.8, 4) is 0 Å². The van der Waals surface area contributed by atoms with Gasteiger partial charge in [-0.15, -0.1) is 0 Å². The summed E-state index contributed by atoms with van der Waals surface area (Å²) in [6.45, 7) is 5.35. The van der Waals surface area contributed by atoms with Crippen LogP contribution in [-0.2, 0) is 0 Å². The minimum atomic E-state index is 0.0132. The van der Waals surface area contributed by atoms with Gasteiger partial charge in [-0.1, -0.05) is 18.2 Å². The number of pyridine rings is 1. The number of carbonyl (C=O) groups excluding carboxylic acids is 1. The van der Waals surface area contributed by atoms with Crippen molar-refractivity contribution in [1.82, 2.24) is 9.88 Å². The van der Waals surface area contributed by atoms with Crippen molar-refractivity contribution >= 4 is 17.3 Å². The zero-order valence-corrected chi connectivity index (χ0v) is 11.8. The number of nitrogens with zero attached hydrogens (tertiary/aromatic N) is 2. The Hall–Kier alpha value is -2.36. The Morgan fingerprint density at radius 2 is 1.80 bits per heavy atom. The van der Waals surface area contributed by atoms with Gasteiger partial charge in [-0.2, -0.15) is 0 Å². The fourth-order valence-corrected chi connectivity index (χ4v) is 2.01. The lowest BCUT2D eigenvalue weighted by Crippen LogP contribution is -2.30. The van der Waals surface area contributed by atoms with E-state index in [4.69, 9.17) is 0 Å². The van der Waals surface area contributed by atoms with Gasteiger partial charge in [0.25, 0.3) is 5.91 Å². The van der Waals surface area contributed by atoms with Gasteiger partial charge in [0.05, 0.1) is 17.4 Å². The standard InChI is InChI=1S/C16H19N3O/c1-3-19(4-2)16(20)13-10-15(12-17-11-13)18-14-8-6-5-7-9-14/h5-12,18H,3-4H2,1-2H3. The van der Waals surface area contributed by atoms with E-state index in [1.807, 2.05) is 50.2 Å². The minimum absolute atomic E-state index is 0.0132. The van der Waals surface area contributed by atoms with E-state index in [0.29, 0.717) is 18.7 Å². The minimum Gasteiger partial charge on any atom is -0.354 e. The fraction of sp³-hybridized carbons (Fsp3) is 0.250. The molecule has 1 heterocycles. The molecule has 0 saturated heterocycles. The summed E-state index contributed by atoms with van der Waals surface area (Å²) in [6, 6.07) is 11.7. The Morgan fingerprint density at radius 3 is 2.45 bits per heavy atom. The molecule has 0 fully saturated rings. The Balaban J connectivity index is 2.18. The summed E-state index contributed by atoms with van der Waals surface area (Å²) in [5, 5.41) is 3.24. The highest BCUT2D eigenvalue weighted by Crippen LogP contribution is 2.17. The van der Waals surface area contributed by atoms with Crippen LogP contribution in [0.4, 0.5) is 11.4 Å². The van der Waals surface area contributed by atoms with Gasteiger partial charge in [0.1, 0.15) is 0 Å². The van der Waals surface area contributed by atoms with Crippen molar-refractivity contribution < 1.29 is 4.79 Å². The molecule has 0 radical (unpaired) electrons. The SMILES string of the molecule is CCN(CC)C(=O)c1cncc(Nc2ccccc2)c1. The summed E-state index contributed by atoms with van der Waals surface area (Å²) < 4.78 is 0. The molecule has 104 valence electrons. The summed E-state index contributed by atoms with van der Waals surface area (Å²) in [7, 11) is 0. The molecule has 0 spiro atoms. The predicted octanol–water partition coefficient (Wildman–Crippen LogP) is 3.31. The van der Waals surface area contributed by atoms with Crippen LogP contribution in [0.5, 0.6) is 0 Å².